The van der Waals surface area contributed by atoms with Crippen LogP contribution in [0.2, 0.25) is 0 Å². The summed E-state index contributed by atoms with van der Waals surface area (Å²) in [6, 6.07) is 17.8. The van der Waals surface area contributed by atoms with Crippen molar-refractivity contribution in [2.45, 2.75) is 26.2 Å². The zero-order valence-corrected chi connectivity index (χ0v) is 22.5. The smallest absolute Gasteiger partial charge is 0.347 e. The second kappa shape index (κ2) is 12.9. The Labute approximate surface area is 235 Å². The number of hydrogen-bond acceptors (Lipinski definition) is 9. The number of ether oxygens (including phenoxy) is 3. The summed E-state index contributed by atoms with van der Waals surface area (Å²) in [6.07, 6.45) is 1.99. The number of carbonyl (C=O) groups is 4. The lowest BCUT2D eigenvalue weighted by Crippen LogP contribution is -2.29. The third-order valence-electron chi connectivity index (χ3n) is 6.02. The second-order valence-electron chi connectivity index (χ2n) is 8.63. The van der Waals surface area contributed by atoms with Gasteiger partial charge >= 0.3 is 11.9 Å². The molecule has 4 aromatic rings. The third kappa shape index (κ3) is 6.32. The number of thiol groups is 1. The Hall–Kier alpha value is -4.64. The first-order valence-electron chi connectivity index (χ1n) is 12.4. The summed E-state index contributed by atoms with van der Waals surface area (Å²) in [4.78, 5) is 53.7. The van der Waals surface area contributed by atoms with Crippen LogP contribution in [0.5, 0.6) is 5.75 Å². The SMILES string of the molecule is CCc1c(C(=O)C(N)=O)c2c(OCC(=O)OC(CS)OC(=O)c3cccnc3)cccc2n1Cc1ccccc1. The van der Waals surface area contributed by atoms with Crippen LogP contribution in [0.25, 0.3) is 10.9 Å². The summed E-state index contributed by atoms with van der Waals surface area (Å²) >= 11 is 4.09. The van der Waals surface area contributed by atoms with Gasteiger partial charge in [-0.05, 0) is 36.2 Å². The fourth-order valence-corrected chi connectivity index (χ4v) is 4.46. The van der Waals surface area contributed by atoms with E-state index in [-0.39, 0.29) is 22.6 Å². The van der Waals surface area contributed by atoms with Gasteiger partial charge < -0.3 is 24.5 Å². The Morgan fingerprint density at radius 3 is 2.42 bits per heavy atom. The van der Waals surface area contributed by atoms with Gasteiger partial charge in [0.1, 0.15) is 5.75 Å². The Kier molecular flexibility index (Phi) is 9.18. The number of carbonyl (C=O) groups excluding carboxylic acids is 4. The molecule has 2 aromatic carbocycles. The van der Waals surface area contributed by atoms with Crippen molar-refractivity contribution < 1.29 is 33.4 Å². The Balaban J connectivity index is 1.59. The molecule has 0 saturated carbocycles. The number of nitrogens with two attached hydrogens (primary N) is 1. The van der Waals surface area contributed by atoms with Crippen LogP contribution in [0.3, 0.4) is 0 Å². The molecule has 2 aromatic heterocycles. The van der Waals surface area contributed by atoms with E-state index in [2.05, 4.69) is 17.6 Å². The fourth-order valence-electron chi connectivity index (χ4n) is 4.31. The van der Waals surface area contributed by atoms with Gasteiger partial charge in [0, 0.05) is 24.6 Å². The number of benzene rings is 2. The fraction of sp³-hybridized carbons (Fsp3) is 0.207. The number of fused-ring (bicyclic) bond motifs is 1. The summed E-state index contributed by atoms with van der Waals surface area (Å²) in [6.45, 7) is 1.74. The number of aromatic nitrogens is 2. The van der Waals surface area contributed by atoms with E-state index in [9.17, 15) is 19.2 Å². The van der Waals surface area contributed by atoms with Crippen LogP contribution in [0, 0.1) is 0 Å². The first kappa shape index (κ1) is 28.4. The van der Waals surface area contributed by atoms with Crippen molar-refractivity contribution in [2.75, 3.05) is 12.4 Å². The lowest BCUT2D eigenvalue weighted by Gasteiger charge is -2.16. The summed E-state index contributed by atoms with van der Waals surface area (Å²) in [5, 5.41) is 0.362. The van der Waals surface area contributed by atoms with E-state index < -0.39 is 36.5 Å². The molecule has 0 spiro atoms. The van der Waals surface area contributed by atoms with Crippen LogP contribution in [0.1, 0.15) is 38.9 Å². The van der Waals surface area contributed by atoms with Gasteiger partial charge in [-0.3, -0.25) is 14.6 Å². The van der Waals surface area contributed by atoms with E-state index in [0.29, 0.717) is 29.6 Å². The Bertz CT molecular complexity index is 1540. The van der Waals surface area contributed by atoms with Crippen molar-refractivity contribution in [3.8, 4) is 5.75 Å². The molecular formula is C29H27N3O7S. The molecule has 206 valence electrons. The van der Waals surface area contributed by atoms with Crippen molar-refractivity contribution in [1.29, 1.82) is 0 Å². The zero-order valence-electron chi connectivity index (χ0n) is 21.6. The molecule has 2 N–H and O–H groups in total. The number of pyridine rings is 1. The molecule has 40 heavy (non-hydrogen) atoms. The molecule has 0 aliphatic carbocycles. The van der Waals surface area contributed by atoms with Gasteiger partial charge in [0.2, 0.25) is 0 Å². The van der Waals surface area contributed by atoms with Crippen molar-refractivity contribution >= 4 is 47.2 Å². The molecular weight excluding hydrogens is 534 g/mol. The normalized spacial score (nSPS) is 11.6. The molecule has 0 aliphatic rings. The quantitative estimate of drug-likeness (QED) is 0.0883. The lowest BCUT2D eigenvalue weighted by atomic mass is 10.0. The predicted molar refractivity (Wildman–Crippen MR) is 149 cm³/mol. The van der Waals surface area contributed by atoms with Gasteiger partial charge in [-0.2, -0.15) is 12.6 Å². The molecule has 0 aliphatic heterocycles. The monoisotopic (exact) mass is 561 g/mol. The predicted octanol–water partition coefficient (Wildman–Crippen LogP) is 3.35. The highest BCUT2D eigenvalue weighted by Gasteiger charge is 2.28. The number of ketones is 1. The Morgan fingerprint density at radius 1 is 1.00 bits per heavy atom. The average Bonchev–Trinajstić information content (AvgIpc) is 3.29. The standard InChI is InChI=1S/C29H27N3O7S/c1-2-20-26(27(34)28(30)35)25-21(32(20)15-18-8-4-3-5-9-18)11-6-12-22(25)37-16-23(33)38-24(17-40)39-29(36)19-10-7-13-31-14-19/h3-14,24,40H,2,15-17H2,1H3,(H2,30,35). The Morgan fingerprint density at radius 2 is 1.77 bits per heavy atom. The van der Waals surface area contributed by atoms with Crippen molar-refractivity contribution in [3.63, 3.8) is 0 Å². The zero-order chi connectivity index (χ0) is 28.6. The van der Waals surface area contributed by atoms with Gasteiger partial charge in [-0.15, -0.1) is 0 Å². The molecule has 1 amide bonds. The van der Waals surface area contributed by atoms with Gasteiger partial charge in [0.15, 0.2) is 6.61 Å². The summed E-state index contributed by atoms with van der Waals surface area (Å²) in [7, 11) is 0. The highest BCUT2D eigenvalue weighted by molar-refractivity contribution is 7.80. The number of amides is 1. The maximum atomic E-state index is 13.0. The molecule has 0 fully saturated rings. The highest BCUT2D eigenvalue weighted by atomic mass is 32.1. The van der Waals surface area contributed by atoms with Gasteiger partial charge in [-0.25, -0.2) is 9.59 Å². The van der Waals surface area contributed by atoms with Crippen LogP contribution < -0.4 is 10.5 Å². The van der Waals surface area contributed by atoms with Crippen molar-refractivity contribution in [3.05, 3.63) is 95.4 Å². The summed E-state index contributed by atoms with van der Waals surface area (Å²) < 4.78 is 18.1. The minimum absolute atomic E-state index is 0.0905. The van der Waals surface area contributed by atoms with Gasteiger partial charge in [0.05, 0.1) is 27.8 Å². The summed E-state index contributed by atoms with van der Waals surface area (Å²) in [5.41, 5.74) is 7.95. The highest BCUT2D eigenvalue weighted by Crippen LogP contribution is 2.35. The van der Waals surface area contributed by atoms with E-state index in [4.69, 9.17) is 19.9 Å². The molecule has 10 nitrogen and oxygen atoms in total. The third-order valence-corrected chi connectivity index (χ3v) is 6.32. The van der Waals surface area contributed by atoms with Gasteiger partial charge in [-0.1, -0.05) is 43.3 Å². The topological polar surface area (TPSA) is 140 Å². The van der Waals surface area contributed by atoms with Crippen molar-refractivity contribution in [2.24, 2.45) is 5.73 Å². The maximum Gasteiger partial charge on any atom is 0.347 e. The maximum absolute atomic E-state index is 13.0. The minimum atomic E-state index is -1.27. The molecule has 1 unspecified atom stereocenters. The molecule has 2 heterocycles. The largest absolute Gasteiger partial charge is 0.481 e. The van der Waals surface area contributed by atoms with Crippen LogP contribution >= 0.6 is 12.6 Å². The van der Waals surface area contributed by atoms with E-state index in [1.54, 1.807) is 24.3 Å². The number of Topliss-reactive ketones (excluding diaryl/α,β-unsaturated/α-hetero) is 1. The van der Waals surface area contributed by atoms with Gasteiger partial charge in [0.25, 0.3) is 18.0 Å². The lowest BCUT2D eigenvalue weighted by molar-refractivity contribution is -0.167. The number of esters is 2. The average molecular weight is 562 g/mol. The molecule has 0 saturated heterocycles. The van der Waals surface area contributed by atoms with E-state index in [1.165, 1.54) is 18.5 Å². The summed E-state index contributed by atoms with van der Waals surface area (Å²) in [5.74, 6) is -3.42. The van der Waals surface area contributed by atoms with Crippen molar-refractivity contribution in [1.82, 2.24) is 9.55 Å². The van der Waals surface area contributed by atoms with Crippen LogP contribution in [-0.4, -0.2) is 51.8 Å². The first-order chi connectivity index (χ1) is 19.3. The van der Waals surface area contributed by atoms with Crippen LogP contribution in [0.4, 0.5) is 0 Å². The minimum Gasteiger partial charge on any atom is -0.481 e. The van der Waals surface area contributed by atoms with E-state index in [0.717, 1.165) is 5.56 Å². The molecule has 11 heteroatoms. The van der Waals surface area contributed by atoms with E-state index >= 15 is 0 Å². The number of primary amides is 1. The van der Waals surface area contributed by atoms with Crippen LogP contribution in [-0.2, 0) is 32.0 Å². The van der Waals surface area contributed by atoms with E-state index in [1.807, 2.05) is 41.8 Å². The molecule has 0 bridgehead atoms. The first-order valence-corrected chi connectivity index (χ1v) is 13.0. The molecule has 4 rings (SSSR count). The number of rotatable bonds is 12. The number of nitrogens with zero attached hydrogens (tertiary/aromatic N) is 2. The molecule has 0 radical (unpaired) electrons. The van der Waals surface area contributed by atoms with Crippen LogP contribution in [0.15, 0.2) is 73.1 Å². The number of hydrogen-bond donors (Lipinski definition) is 2. The molecule has 1 atom stereocenters. The second-order valence-corrected chi connectivity index (χ2v) is 8.99.